The molecular weight excluding hydrogens is 288 g/mol. The molecule has 0 saturated carbocycles. The van der Waals surface area contributed by atoms with Crippen molar-refractivity contribution in [3.05, 3.63) is 33.0 Å². The van der Waals surface area contributed by atoms with E-state index < -0.39 is 0 Å². The second-order valence-corrected chi connectivity index (χ2v) is 7.87. The van der Waals surface area contributed by atoms with Gasteiger partial charge in [0.2, 0.25) is 0 Å². The van der Waals surface area contributed by atoms with Crippen LogP contribution < -0.4 is 4.90 Å². The van der Waals surface area contributed by atoms with Crippen molar-refractivity contribution in [3.63, 3.8) is 0 Å². The number of hydrogen-bond donors (Lipinski definition) is 0. The minimum Gasteiger partial charge on any atom is -0.344 e. The SMILES string of the molecule is CC(c1cccs1)N(C)c1nc(C(C)(C)C)c(C=O)s1. The van der Waals surface area contributed by atoms with Gasteiger partial charge < -0.3 is 4.90 Å². The quantitative estimate of drug-likeness (QED) is 0.779. The minimum atomic E-state index is -0.113. The zero-order valence-electron chi connectivity index (χ0n) is 12.5. The number of hydrogen-bond acceptors (Lipinski definition) is 5. The third kappa shape index (κ3) is 2.94. The summed E-state index contributed by atoms with van der Waals surface area (Å²) in [6, 6.07) is 4.45. The lowest BCUT2D eigenvalue weighted by molar-refractivity contribution is 0.112. The molecule has 0 amide bonds. The van der Waals surface area contributed by atoms with Crippen LogP contribution in [-0.4, -0.2) is 18.3 Å². The van der Waals surface area contributed by atoms with Crippen LogP contribution in [0.4, 0.5) is 5.13 Å². The summed E-state index contributed by atoms with van der Waals surface area (Å²) in [4.78, 5) is 20.1. The smallest absolute Gasteiger partial charge is 0.186 e. The van der Waals surface area contributed by atoms with Gasteiger partial charge in [0.15, 0.2) is 11.4 Å². The predicted octanol–water partition coefficient (Wildman–Crippen LogP) is 4.51. The van der Waals surface area contributed by atoms with E-state index in [1.54, 1.807) is 11.3 Å². The number of aromatic nitrogens is 1. The van der Waals surface area contributed by atoms with Crippen LogP contribution in [0.3, 0.4) is 0 Å². The maximum absolute atomic E-state index is 11.3. The van der Waals surface area contributed by atoms with E-state index in [0.29, 0.717) is 0 Å². The zero-order valence-corrected chi connectivity index (χ0v) is 14.1. The van der Waals surface area contributed by atoms with Crippen LogP contribution in [0.2, 0.25) is 0 Å². The molecular formula is C15H20N2OS2. The normalized spacial score (nSPS) is 13.2. The Kier molecular flexibility index (Phi) is 4.30. The van der Waals surface area contributed by atoms with E-state index in [4.69, 9.17) is 4.98 Å². The van der Waals surface area contributed by atoms with E-state index in [-0.39, 0.29) is 11.5 Å². The van der Waals surface area contributed by atoms with Gasteiger partial charge in [0.05, 0.1) is 16.6 Å². The highest BCUT2D eigenvalue weighted by Crippen LogP contribution is 2.36. The molecule has 0 spiro atoms. The first-order valence-corrected chi connectivity index (χ1v) is 8.27. The Bertz CT molecular complexity index is 582. The number of thiazole rings is 1. The first kappa shape index (κ1) is 15.2. The van der Waals surface area contributed by atoms with Gasteiger partial charge in [-0.1, -0.05) is 38.2 Å². The number of carbonyl (C=O) groups is 1. The first-order chi connectivity index (χ1) is 9.34. The Labute approximate surface area is 128 Å². The summed E-state index contributed by atoms with van der Waals surface area (Å²) in [6.07, 6.45) is 0.922. The van der Waals surface area contributed by atoms with Crippen molar-refractivity contribution in [2.75, 3.05) is 11.9 Å². The molecule has 3 nitrogen and oxygen atoms in total. The van der Waals surface area contributed by atoms with Gasteiger partial charge in [-0.25, -0.2) is 4.98 Å². The lowest BCUT2D eigenvalue weighted by Gasteiger charge is -2.23. The van der Waals surface area contributed by atoms with Gasteiger partial charge in [-0.2, -0.15) is 0 Å². The molecule has 2 aromatic heterocycles. The zero-order chi connectivity index (χ0) is 14.9. The first-order valence-electron chi connectivity index (χ1n) is 6.57. The van der Waals surface area contributed by atoms with Crippen molar-refractivity contribution in [1.82, 2.24) is 4.98 Å². The average molecular weight is 308 g/mol. The number of rotatable bonds is 4. The number of thiophene rings is 1. The second-order valence-electron chi connectivity index (χ2n) is 5.88. The van der Waals surface area contributed by atoms with Gasteiger partial charge in [-0.05, 0) is 18.4 Å². The Balaban J connectivity index is 2.34. The lowest BCUT2D eigenvalue weighted by atomic mass is 9.91. The van der Waals surface area contributed by atoms with Gasteiger partial charge in [0, 0.05) is 17.3 Å². The van der Waals surface area contributed by atoms with Gasteiger partial charge in [0.25, 0.3) is 0 Å². The summed E-state index contributed by atoms with van der Waals surface area (Å²) in [5.41, 5.74) is 0.774. The van der Waals surface area contributed by atoms with E-state index in [9.17, 15) is 4.79 Å². The summed E-state index contributed by atoms with van der Waals surface area (Å²) in [5, 5.41) is 2.98. The van der Waals surface area contributed by atoms with Gasteiger partial charge in [0.1, 0.15) is 0 Å². The number of carbonyl (C=O) groups excluding carboxylic acids is 1. The summed E-state index contributed by atoms with van der Waals surface area (Å²) < 4.78 is 0. The fraction of sp³-hybridized carbons (Fsp3) is 0.467. The van der Waals surface area contributed by atoms with Crippen molar-refractivity contribution in [2.45, 2.75) is 39.2 Å². The summed E-state index contributed by atoms with van der Waals surface area (Å²) >= 11 is 3.21. The maximum Gasteiger partial charge on any atom is 0.186 e. The Hall–Kier alpha value is -1.20. The average Bonchev–Trinajstić information content (AvgIpc) is 3.04. The lowest BCUT2D eigenvalue weighted by Crippen LogP contribution is -2.21. The van der Waals surface area contributed by atoms with E-state index >= 15 is 0 Å². The monoisotopic (exact) mass is 308 g/mol. The minimum absolute atomic E-state index is 0.113. The highest BCUT2D eigenvalue weighted by atomic mass is 32.1. The largest absolute Gasteiger partial charge is 0.344 e. The van der Waals surface area contributed by atoms with Crippen LogP contribution in [0.1, 0.15) is 54.0 Å². The molecule has 20 heavy (non-hydrogen) atoms. The van der Waals surface area contributed by atoms with Crippen LogP contribution in [0.25, 0.3) is 0 Å². The van der Waals surface area contributed by atoms with Crippen LogP contribution >= 0.6 is 22.7 Å². The Morgan fingerprint density at radius 1 is 1.40 bits per heavy atom. The van der Waals surface area contributed by atoms with Gasteiger partial charge in [-0.15, -0.1) is 11.3 Å². The molecule has 108 valence electrons. The molecule has 0 aliphatic carbocycles. The molecule has 0 radical (unpaired) electrons. The van der Waals surface area contributed by atoms with Crippen molar-refractivity contribution >= 4 is 34.1 Å². The summed E-state index contributed by atoms with van der Waals surface area (Å²) in [5.74, 6) is 0. The Morgan fingerprint density at radius 3 is 2.55 bits per heavy atom. The topological polar surface area (TPSA) is 33.2 Å². The predicted molar refractivity (Wildman–Crippen MR) is 87.3 cm³/mol. The number of anilines is 1. The molecule has 1 unspecified atom stereocenters. The Morgan fingerprint density at radius 2 is 2.10 bits per heavy atom. The molecule has 0 saturated heterocycles. The summed E-state index contributed by atoms with van der Waals surface area (Å²) in [6.45, 7) is 8.41. The summed E-state index contributed by atoms with van der Waals surface area (Å²) in [7, 11) is 2.03. The molecule has 0 N–H and O–H groups in total. The number of aldehydes is 1. The van der Waals surface area contributed by atoms with Crippen LogP contribution in [0.5, 0.6) is 0 Å². The molecule has 2 rings (SSSR count). The fourth-order valence-electron chi connectivity index (χ4n) is 1.97. The van der Waals surface area contributed by atoms with Gasteiger partial charge in [-0.3, -0.25) is 4.79 Å². The van der Waals surface area contributed by atoms with Gasteiger partial charge >= 0.3 is 0 Å². The molecule has 0 aliphatic rings. The maximum atomic E-state index is 11.3. The molecule has 0 fully saturated rings. The molecule has 2 heterocycles. The van der Waals surface area contributed by atoms with E-state index in [0.717, 1.165) is 22.0 Å². The van der Waals surface area contributed by atoms with E-state index in [2.05, 4.69) is 50.1 Å². The number of nitrogens with zero attached hydrogens (tertiary/aromatic N) is 2. The van der Waals surface area contributed by atoms with Crippen LogP contribution in [-0.2, 0) is 5.41 Å². The highest BCUT2D eigenvalue weighted by molar-refractivity contribution is 7.17. The third-order valence-corrected chi connectivity index (χ3v) is 5.41. The van der Waals surface area contributed by atoms with E-state index in [1.807, 2.05) is 7.05 Å². The van der Waals surface area contributed by atoms with Crippen molar-refractivity contribution < 1.29 is 4.79 Å². The van der Waals surface area contributed by atoms with Crippen LogP contribution in [0, 0.1) is 0 Å². The molecule has 5 heteroatoms. The molecule has 0 bridgehead atoms. The fourth-order valence-corrected chi connectivity index (χ4v) is 3.93. The van der Waals surface area contributed by atoms with E-state index in [1.165, 1.54) is 16.2 Å². The molecule has 0 aliphatic heterocycles. The third-order valence-electron chi connectivity index (χ3n) is 3.30. The molecule has 2 aromatic rings. The van der Waals surface area contributed by atoms with Crippen molar-refractivity contribution in [2.24, 2.45) is 0 Å². The standard InChI is InChI=1S/C15H20N2OS2/c1-10(11-7-6-8-19-11)17(5)14-16-13(15(2,3)4)12(9-18)20-14/h6-10H,1-5H3. The molecule has 0 aromatic carbocycles. The molecule has 1 atom stereocenters. The van der Waals surface area contributed by atoms with Crippen molar-refractivity contribution in [1.29, 1.82) is 0 Å². The highest BCUT2D eigenvalue weighted by Gasteiger charge is 2.25. The second kappa shape index (κ2) is 5.66. The van der Waals surface area contributed by atoms with Crippen molar-refractivity contribution in [3.8, 4) is 0 Å². The van der Waals surface area contributed by atoms with Crippen LogP contribution in [0.15, 0.2) is 17.5 Å².